The van der Waals surface area contributed by atoms with Crippen molar-refractivity contribution in [2.45, 2.75) is 45.1 Å². The van der Waals surface area contributed by atoms with Crippen LogP contribution < -0.4 is 10.6 Å². The van der Waals surface area contributed by atoms with Crippen molar-refractivity contribution in [3.8, 4) is 0 Å². The normalized spacial score (nSPS) is 21.6. The summed E-state index contributed by atoms with van der Waals surface area (Å²) in [7, 11) is 0. The summed E-state index contributed by atoms with van der Waals surface area (Å²) in [5, 5.41) is 0. The van der Waals surface area contributed by atoms with E-state index in [0.29, 0.717) is 6.04 Å². The summed E-state index contributed by atoms with van der Waals surface area (Å²) < 4.78 is 0. The van der Waals surface area contributed by atoms with Crippen LogP contribution in [-0.2, 0) is 5.41 Å². The number of hydrogen-bond acceptors (Lipinski definition) is 3. The second-order valence-corrected chi connectivity index (χ2v) is 5.99. The standard InChI is InChI=1S/C14H23N3/c1-14(2,3)12-9-16-7-6-13(12)17-8-4-5-11(15)10-17/h6-7,9,11H,4-5,8,10,15H2,1-3H3/t11-/m0/s1. The van der Waals surface area contributed by atoms with E-state index in [0.717, 1.165) is 19.5 Å². The Kier molecular flexibility index (Phi) is 3.38. The molecule has 94 valence electrons. The Morgan fingerprint density at radius 2 is 2.18 bits per heavy atom. The average molecular weight is 233 g/mol. The number of aromatic nitrogens is 1. The van der Waals surface area contributed by atoms with Crippen molar-refractivity contribution in [3.05, 3.63) is 24.0 Å². The van der Waals surface area contributed by atoms with E-state index in [-0.39, 0.29) is 5.41 Å². The Morgan fingerprint density at radius 1 is 1.41 bits per heavy atom. The molecule has 0 bridgehead atoms. The molecule has 1 saturated heterocycles. The van der Waals surface area contributed by atoms with Crippen LogP contribution in [0.2, 0.25) is 0 Å². The summed E-state index contributed by atoms with van der Waals surface area (Å²) in [4.78, 5) is 6.68. The third-order valence-corrected chi connectivity index (χ3v) is 3.40. The molecule has 2 N–H and O–H groups in total. The zero-order valence-corrected chi connectivity index (χ0v) is 11.1. The van der Waals surface area contributed by atoms with Gasteiger partial charge in [0.1, 0.15) is 0 Å². The molecule has 0 amide bonds. The van der Waals surface area contributed by atoms with Gasteiger partial charge in [-0.2, -0.15) is 0 Å². The van der Waals surface area contributed by atoms with Crippen LogP contribution in [0, 0.1) is 0 Å². The third kappa shape index (κ3) is 2.78. The minimum absolute atomic E-state index is 0.130. The van der Waals surface area contributed by atoms with Gasteiger partial charge in [-0.25, -0.2) is 0 Å². The number of nitrogens with zero attached hydrogens (tertiary/aromatic N) is 2. The van der Waals surface area contributed by atoms with Gasteiger partial charge in [-0.3, -0.25) is 4.98 Å². The molecule has 1 aromatic heterocycles. The zero-order chi connectivity index (χ0) is 12.5. The molecule has 1 aromatic rings. The molecule has 0 aliphatic carbocycles. The molecule has 0 radical (unpaired) electrons. The highest BCUT2D eigenvalue weighted by molar-refractivity contribution is 5.55. The maximum absolute atomic E-state index is 6.06. The van der Waals surface area contributed by atoms with Gasteiger partial charge in [0.2, 0.25) is 0 Å². The number of anilines is 1. The molecule has 0 spiro atoms. The summed E-state index contributed by atoms with van der Waals surface area (Å²) in [5.74, 6) is 0. The Morgan fingerprint density at radius 3 is 2.82 bits per heavy atom. The lowest BCUT2D eigenvalue weighted by Gasteiger charge is -2.36. The molecular weight excluding hydrogens is 210 g/mol. The topological polar surface area (TPSA) is 42.2 Å². The van der Waals surface area contributed by atoms with Gasteiger partial charge in [0.25, 0.3) is 0 Å². The molecule has 0 unspecified atom stereocenters. The van der Waals surface area contributed by atoms with Crippen molar-refractivity contribution in [2.75, 3.05) is 18.0 Å². The smallest absolute Gasteiger partial charge is 0.0435 e. The molecule has 3 heteroatoms. The lowest BCUT2D eigenvalue weighted by molar-refractivity contribution is 0.499. The molecule has 1 aliphatic rings. The highest BCUT2D eigenvalue weighted by Crippen LogP contribution is 2.32. The predicted octanol–water partition coefficient (Wildman–Crippen LogP) is 2.31. The molecule has 2 rings (SSSR count). The number of pyridine rings is 1. The number of hydrogen-bond donors (Lipinski definition) is 1. The molecule has 0 saturated carbocycles. The van der Waals surface area contributed by atoms with Crippen LogP contribution in [0.3, 0.4) is 0 Å². The maximum Gasteiger partial charge on any atom is 0.0435 e. The summed E-state index contributed by atoms with van der Waals surface area (Å²) in [6, 6.07) is 2.43. The fraction of sp³-hybridized carbons (Fsp3) is 0.643. The molecule has 1 aliphatic heterocycles. The first-order chi connectivity index (χ1) is 7.98. The van der Waals surface area contributed by atoms with Crippen LogP contribution in [0.4, 0.5) is 5.69 Å². The van der Waals surface area contributed by atoms with Crippen LogP contribution in [0.25, 0.3) is 0 Å². The molecule has 0 aromatic carbocycles. The van der Waals surface area contributed by atoms with E-state index in [9.17, 15) is 0 Å². The number of piperidine rings is 1. The van der Waals surface area contributed by atoms with Gasteiger partial charge in [-0.15, -0.1) is 0 Å². The predicted molar refractivity (Wildman–Crippen MR) is 72.4 cm³/mol. The lowest BCUT2D eigenvalue weighted by atomic mass is 9.86. The Bertz CT molecular complexity index is 381. The first kappa shape index (κ1) is 12.4. The van der Waals surface area contributed by atoms with E-state index < -0.39 is 0 Å². The van der Waals surface area contributed by atoms with Gasteiger partial charge < -0.3 is 10.6 Å². The third-order valence-electron chi connectivity index (χ3n) is 3.40. The molecule has 17 heavy (non-hydrogen) atoms. The first-order valence-electron chi connectivity index (χ1n) is 6.43. The molecule has 1 atom stereocenters. The largest absolute Gasteiger partial charge is 0.370 e. The highest BCUT2D eigenvalue weighted by atomic mass is 15.2. The second-order valence-electron chi connectivity index (χ2n) is 5.99. The number of nitrogens with two attached hydrogens (primary N) is 1. The van der Waals surface area contributed by atoms with Crippen LogP contribution in [0.5, 0.6) is 0 Å². The van der Waals surface area contributed by atoms with Crippen molar-refractivity contribution in [1.29, 1.82) is 0 Å². The summed E-state index contributed by atoms with van der Waals surface area (Å²) >= 11 is 0. The highest BCUT2D eigenvalue weighted by Gasteiger charge is 2.24. The summed E-state index contributed by atoms with van der Waals surface area (Å²) in [5.41, 5.74) is 8.82. The van der Waals surface area contributed by atoms with Crippen molar-refractivity contribution >= 4 is 5.69 Å². The fourth-order valence-corrected chi connectivity index (χ4v) is 2.47. The van der Waals surface area contributed by atoms with Gasteiger partial charge in [-0.05, 0) is 29.9 Å². The van der Waals surface area contributed by atoms with Gasteiger partial charge in [-0.1, -0.05) is 20.8 Å². The lowest BCUT2D eigenvalue weighted by Crippen LogP contribution is -2.43. The van der Waals surface area contributed by atoms with Crippen molar-refractivity contribution in [1.82, 2.24) is 4.98 Å². The van der Waals surface area contributed by atoms with Crippen molar-refractivity contribution in [3.63, 3.8) is 0 Å². The van der Waals surface area contributed by atoms with Crippen LogP contribution in [0.15, 0.2) is 18.5 Å². The van der Waals surface area contributed by atoms with E-state index >= 15 is 0 Å². The van der Waals surface area contributed by atoms with Gasteiger partial charge in [0, 0.05) is 37.2 Å². The summed E-state index contributed by atoms with van der Waals surface area (Å²) in [6.45, 7) is 8.78. The fourth-order valence-electron chi connectivity index (χ4n) is 2.47. The van der Waals surface area contributed by atoms with E-state index in [1.165, 1.54) is 17.7 Å². The SMILES string of the molecule is CC(C)(C)c1cnccc1N1CCC[C@H](N)C1. The van der Waals surface area contributed by atoms with Crippen molar-refractivity contribution < 1.29 is 0 Å². The maximum atomic E-state index is 6.06. The van der Waals surface area contributed by atoms with Crippen LogP contribution in [-0.4, -0.2) is 24.1 Å². The Labute approximate surface area is 104 Å². The van der Waals surface area contributed by atoms with E-state index in [1.54, 1.807) is 0 Å². The van der Waals surface area contributed by atoms with Gasteiger partial charge in [0.15, 0.2) is 0 Å². The van der Waals surface area contributed by atoms with Gasteiger partial charge >= 0.3 is 0 Å². The van der Waals surface area contributed by atoms with Crippen LogP contribution >= 0.6 is 0 Å². The Balaban J connectivity index is 2.31. The van der Waals surface area contributed by atoms with E-state index in [2.05, 4.69) is 36.7 Å². The Hall–Kier alpha value is -1.09. The summed E-state index contributed by atoms with van der Waals surface area (Å²) in [6.07, 6.45) is 6.21. The average Bonchev–Trinajstić information content (AvgIpc) is 2.28. The second kappa shape index (κ2) is 4.65. The minimum atomic E-state index is 0.130. The molecule has 3 nitrogen and oxygen atoms in total. The first-order valence-corrected chi connectivity index (χ1v) is 6.43. The zero-order valence-electron chi connectivity index (χ0n) is 11.1. The molecular formula is C14H23N3. The monoisotopic (exact) mass is 233 g/mol. The number of rotatable bonds is 1. The van der Waals surface area contributed by atoms with Gasteiger partial charge in [0.05, 0.1) is 0 Å². The molecule has 1 fully saturated rings. The molecule has 2 heterocycles. The van der Waals surface area contributed by atoms with E-state index in [4.69, 9.17) is 5.73 Å². The minimum Gasteiger partial charge on any atom is -0.370 e. The quantitative estimate of drug-likeness (QED) is 0.809. The van der Waals surface area contributed by atoms with E-state index in [1.807, 2.05) is 12.4 Å². The van der Waals surface area contributed by atoms with Crippen LogP contribution in [0.1, 0.15) is 39.2 Å². The van der Waals surface area contributed by atoms with Crippen molar-refractivity contribution in [2.24, 2.45) is 5.73 Å².